The highest BCUT2D eigenvalue weighted by atomic mass is 19.1. The predicted octanol–water partition coefficient (Wildman–Crippen LogP) is 2.15. The maximum Gasteiger partial charge on any atom is 0.115 e. The van der Waals surface area contributed by atoms with Gasteiger partial charge in [0.2, 0.25) is 0 Å². The standard InChI is InChI=1S/C19H23FN4/c20-17-7-19(24(12-17)11-14-8-21-13-22-9-14)10-23-18-5-15-3-1-2-4-16(15)6-18/h1-4,8-9,13,17-19,23H,5-7,10-12H2/t17-,19-/m0/s1. The predicted molar refractivity (Wildman–Crippen MR) is 91.4 cm³/mol. The first-order valence-electron chi connectivity index (χ1n) is 8.70. The second-order valence-corrected chi connectivity index (χ2v) is 6.95. The van der Waals surface area contributed by atoms with Gasteiger partial charge in [0.1, 0.15) is 12.5 Å². The minimum atomic E-state index is -0.734. The van der Waals surface area contributed by atoms with E-state index in [2.05, 4.69) is 44.5 Å². The van der Waals surface area contributed by atoms with Crippen molar-refractivity contribution >= 4 is 0 Å². The molecule has 0 saturated carbocycles. The fourth-order valence-electron chi connectivity index (χ4n) is 3.98. The van der Waals surface area contributed by atoms with E-state index in [1.165, 1.54) is 17.5 Å². The Balaban J connectivity index is 1.33. The number of rotatable bonds is 5. The fourth-order valence-corrected chi connectivity index (χ4v) is 3.98. The van der Waals surface area contributed by atoms with Gasteiger partial charge in [-0.25, -0.2) is 14.4 Å². The summed E-state index contributed by atoms with van der Waals surface area (Å²) in [5.74, 6) is 0. The SMILES string of the molecule is F[C@H]1C[C@@H](CNC2Cc3ccccc3C2)N(Cc2cncnc2)C1. The lowest BCUT2D eigenvalue weighted by Crippen LogP contribution is -2.41. The van der Waals surface area contributed by atoms with Crippen molar-refractivity contribution in [3.05, 3.63) is 59.7 Å². The number of hydrogen-bond acceptors (Lipinski definition) is 4. The molecule has 0 bridgehead atoms. The molecule has 2 aromatic rings. The summed E-state index contributed by atoms with van der Waals surface area (Å²) in [6, 6.07) is 9.36. The van der Waals surface area contributed by atoms with Gasteiger partial charge in [-0.05, 0) is 30.4 Å². The van der Waals surface area contributed by atoms with Crippen molar-refractivity contribution in [3.63, 3.8) is 0 Å². The Labute approximate surface area is 142 Å². The summed E-state index contributed by atoms with van der Waals surface area (Å²) in [6.07, 6.45) is 7.20. The van der Waals surface area contributed by atoms with Crippen LogP contribution in [0.4, 0.5) is 4.39 Å². The van der Waals surface area contributed by atoms with Gasteiger partial charge in [0.25, 0.3) is 0 Å². The van der Waals surface area contributed by atoms with E-state index in [1.54, 1.807) is 0 Å². The molecule has 4 rings (SSSR count). The van der Waals surface area contributed by atoms with Gasteiger partial charge in [0.15, 0.2) is 0 Å². The normalized spacial score (nSPS) is 24.4. The van der Waals surface area contributed by atoms with Crippen LogP contribution in [0.5, 0.6) is 0 Å². The molecular weight excluding hydrogens is 303 g/mol. The lowest BCUT2D eigenvalue weighted by atomic mass is 10.1. The molecular formula is C19H23FN4. The highest BCUT2D eigenvalue weighted by Gasteiger charge is 2.32. The van der Waals surface area contributed by atoms with Crippen molar-refractivity contribution in [2.45, 2.75) is 44.1 Å². The molecule has 0 amide bonds. The third kappa shape index (κ3) is 3.47. The molecule has 2 heterocycles. The molecule has 1 fully saturated rings. The zero-order chi connectivity index (χ0) is 16.4. The molecule has 0 radical (unpaired) electrons. The highest BCUT2D eigenvalue weighted by molar-refractivity contribution is 5.33. The summed E-state index contributed by atoms with van der Waals surface area (Å²) in [5, 5.41) is 3.67. The zero-order valence-electron chi connectivity index (χ0n) is 13.7. The Morgan fingerprint density at radius 1 is 1.12 bits per heavy atom. The van der Waals surface area contributed by atoms with E-state index in [-0.39, 0.29) is 6.04 Å². The molecule has 126 valence electrons. The minimum absolute atomic E-state index is 0.240. The van der Waals surface area contributed by atoms with Crippen LogP contribution in [0.25, 0.3) is 0 Å². The number of nitrogens with one attached hydrogen (secondary N) is 1. The molecule has 4 nitrogen and oxygen atoms in total. The van der Waals surface area contributed by atoms with Crippen LogP contribution in [0.3, 0.4) is 0 Å². The van der Waals surface area contributed by atoms with Crippen LogP contribution in [-0.2, 0) is 19.4 Å². The van der Waals surface area contributed by atoms with E-state index in [1.807, 2.05) is 12.4 Å². The largest absolute Gasteiger partial charge is 0.312 e. The van der Waals surface area contributed by atoms with Gasteiger partial charge >= 0.3 is 0 Å². The topological polar surface area (TPSA) is 41.0 Å². The van der Waals surface area contributed by atoms with Crippen molar-refractivity contribution in [2.75, 3.05) is 13.1 Å². The number of aromatic nitrogens is 2. The van der Waals surface area contributed by atoms with E-state index >= 15 is 0 Å². The van der Waals surface area contributed by atoms with Crippen LogP contribution in [-0.4, -0.2) is 46.2 Å². The Morgan fingerprint density at radius 3 is 2.54 bits per heavy atom. The Hall–Kier alpha value is -1.85. The van der Waals surface area contributed by atoms with E-state index in [4.69, 9.17) is 0 Å². The van der Waals surface area contributed by atoms with Gasteiger partial charge in [-0.3, -0.25) is 4.90 Å². The summed E-state index contributed by atoms with van der Waals surface area (Å²) < 4.78 is 13.9. The molecule has 1 aromatic carbocycles. The summed E-state index contributed by atoms with van der Waals surface area (Å²) in [4.78, 5) is 10.3. The van der Waals surface area contributed by atoms with Gasteiger partial charge in [-0.2, -0.15) is 0 Å². The molecule has 1 aliphatic carbocycles. The van der Waals surface area contributed by atoms with E-state index in [0.29, 0.717) is 19.0 Å². The van der Waals surface area contributed by atoms with Crippen LogP contribution >= 0.6 is 0 Å². The third-order valence-corrected chi connectivity index (χ3v) is 5.17. The first kappa shape index (κ1) is 15.7. The molecule has 1 aromatic heterocycles. The quantitative estimate of drug-likeness (QED) is 0.914. The zero-order valence-corrected chi connectivity index (χ0v) is 13.7. The number of halogens is 1. The number of nitrogens with zero attached hydrogens (tertiary/aromatic N) is 3. The smallest absolute Gasteiger partial charge is 0.115 e. The van der Waals surface area contributed by atoms with Crippen LogP contribution in [0.1, 0.15) is 23.1 Å². The minimum Gasteiger partial charge on any atom is -0.312 e. The summed E-state index contributed by atoms with van der Waals surface area (Å²) >= 11 is 0. The van der Waals surface area contributed by atoms with Crippen molar-refractivity contribution in [1.82, 2.24) is 20.2 Å². The van der Waals surface area contributed by atoms with Crippen molar-refractivity contribution in [2.24, 2.45) is 0 Å². The van der Waals surface area contributed by atoms with E-state index in [9.17, 15) is 4.39 Å². The molecule has 0 spiro atoms. The number of likely N-dealkylation sites (tertiary alicyclic amines) is 1. The summed E-state index contributed by atoms with van der Waals surface area (Å²) in [5.41, 5.74) is 3.94. The molecule has 1 aliphatic heterocycles. The van der Waals surface area contributed by atoms with Crippen LogP contribution < -0.4 is 5.32 Å². The lowest BCUT2D eigenvalue weighted by Gasteiger charge is -2.25. The Kier molecular flexibility index (Phi) is 4.54. The molecule has 1 N–H and O–H groups in total. The van der Waals surface area contributed by atoms with E-state index < -0.39 is 6.17 Å². The number of benzene rings is 1. The summed E-state index contributed by atoms with van der Waals surface area (Å²) in [6.45, 7) is 2.07. The monoisotopic (exact) mass is 326 g/mol. The van der Waals surface area contributed by atoms with Gasteiger partial charge in [-0.15, -0.1) is 0 Å². The first-order chi connectivity index (χ1) is 11.8. The molecule has 1 saturated heterocycles. The number of fused-ring (bicyclic) bond motifs is 1. The molecule has 5 heteroatoms. The maximum absolute atomic E-state index is 13.9. The lowest BCUT2D eigenvalue weighted by molar-refractivity contribution is 0.226. The first-order valence-corrected chi connectivity index (χ1v) is 8.70. The average Bonchev–Trinajstić information content (AvgIpc) is 3.16. The molecule has 2 atom stereocenters. The molecule has 0 unspecified atom stereocenters. The van der Waals surface area contributed by atoms with E-state index in [0.717, 1.165) is 31.5 Å². The Bertz CT molecular complexity index is 653. The second kappa shape index (κ2) is 6.95. The van der Waals surface area contributed by atoms with Crippen LogP contribution in [0.15, 0.2) is 43.0 Å². The third-order valence-electron chi connectivity index (χ3n) is 5.17. The molecule has 2 aliphatic rings. The fraction of sp³-hybridized carbons (Fsp3) is 0.474. The van der Waals surface area contributed by atoms with Crippen LogP contribution in [0.2, 0.25) is 0 Å². The number of hydrogen-bond donors (Lipinski definition) is 1. The summed E-state index contributed by atoms with van der Waals surface area (Å²) in [7, 11) is 0. The average molecular weight is 326 g/mol. The van der Waals surface area contributed by atoms with Crippen LogP contribution in [0, 0.1) is 0 Å². The maximum atomic E-state index is 13.9. The van der Waals surface area contributed by atoms with Gasteiger partial charge in [0, 0.05) is 49.7 Å². The van der Waals surface area contributed by atoms with Crippen molar-refractivity contribution < 1.29 is 4.39 Å². The number of alkyl halides is 1. The van der Waals surface area contributed by atoms with Crippen molar-refractivity contribution in [3.8, 4) is 0 Å². The second-order valence-electron chi connectivity index (χ2n) is 6.95. The highest BCUT2D eigenvalue weighted by Crippen LogP contribution is 2.24. The Morgan fingerprint density at radius 2 is 1.83 bits per heavy atom. The van der Waals surface area contributed by atoms with Gasteiger partial charge in [0.05, 0.1) is 0 Å². The van der Waals surface area contributed by atoms with Gasteiger partial charge in [-0.1, -0.05) is 24.3 Å². The molecule has 24 heavy (non-hydrogen) atoms. The van der Waals surface area contributed by atoms with Gasteiger partial charge < -0.3 is 5.32 Å². The van der Waals surface area contributed by atoms with Crippen molar-refractivity contribution in [1.29, 1.82) is 0 Å².